The monoisotopic (exact) mass is 295 g/mol. The van der Waals surface area contributed by atoms with Gasteiger partial charge in [-0.2, -0.15) is 0 Å². The summed E-state index contributed by atoms with van der Waals surface area (Å²) in [6.07, 6.45) is 5.94. The number of likely N-dealkylation sites (tertiary alicyclic amines) is 1. The first kappa shape index (κ1) is 15.7. The predicted octanol–water partition coefficient (Wildman–Crippen LogP) is 1.56. The van der Waals surface area contributed by atoms with E-state index in [1.54, 1.807) is 0 Å². The van der Waals surface area contributed by atoms with Crippen LogP contribution in [-0.4, -0.2) is 73.9 Å². The highest BCUT2D eigenvalue weighted by molar-refractivity contribution is 4.89. The number of morpholine rings is 1. The second kappa shape index (κ2) is 7.40. The van der Waals surface area contributed by atoms with E-state index in [9.17, 15) is 0 Å². The lowest BCUT2D eigenvalue weighted by molar-refractivity contribution is -0.0563. The van der Waals surface area contributed by atoms with Gasteiger partial charge in [-0.15, -0.1) is 0 Å². The quantitative estimate of drug-likeness (QED) is 0.852. The molecule has 3 saturated heterocycles. The van der Waals surface area contributed by atoms with E-state index in [2.05, 4.69) is 29.0 Å². The van der Waals surface area contributed by atoms with Crippen LogP contribution in [0.4, 0.5) is 0 Å². The van der Waals surface area contributed by atoms with Crippen LogP contribution >= 0.6 is 0 Å². The minimum absolute atomic E-state index is 0.420. The third-order valence-corrected chi connectivity index (χ3v) is 5.68. The van der Waals surface area contributed by atoms with Gasteiger partial charge in [-0.25, -0.2) is 0 Å². The maximum absolute atomic E-state index is 6.06. The van der Waals surface area contributed by atoms with Crippen molar-refractivity contribution < 1.29 is 4.74 Å². The Labute approximate surface area is 130 Å². The first-order valence-electron chi connectivity index (χ1n) is 9.04. The van der Waals surface area contributed by atoms with Crippen LogP contribution in [0.2, 0.25) is 0 Å². The number of nitrogens with one attached hydrogen (secondary N) is 1. The van der Waals surface area contributed by atoms with E-state index in [0.29, 0.717) is 12.1 Å². The Hall–Kier alpha value is -0.160. The van der Waals surface area contributed by atoms with Crippen LogP contribution in [0.1, 0.15) is 39.5 Å². The summed E-state index contributed by atoms with van der Waals surface area (Å²) < 4.78 is 6.06. The van der Waals surface area contributed by atoms with Gasteiger partial charge >= 0.3 is 0 Å². The van der Waals surface area contributed by atoms with Crippen molar-refractivity contribution in [2.24, 2.45) is 5.92 Å². The standard InChI is InChI=1S/C17H33N3O/c1-14(2)19-10-11-21-16(12-19)13-20-9-3-4-17(20)15-5-7-18-8-6-15/h14-18H,3-13H2,1-2H3. The van der Waals surface area contributed by atoms with Crippen molar-refractivity contribution in [1.29, 1.82) is 0 Å². The maximum atomic E-state index is 6.06. The molecule has 4 heteroatoms. The summed E-state index contributed by atoms with van der Waals surface area (Å²) in [4.78, 5) is 5.33. The third-order valence-electron chi connectivity index (χ3n) is 5.68. The molecular formula is C17H33N3O. The first-order chi connectivity index (χ1) is 10.2. The molecule has 0 spiro atoms. The average Bonchev–Trinajstić information content (AvgIpc) is 2.96. The van der Waals surface area contributed by atoms with Crippen molar-refractivity contribution in [1.82, 2.24) is 15.1 Å². The summed E-state index contributed by atoms with van der Waals surface area (Å²) in [6, 6.07) is 1.47. The van der Waals surface area contributed by atoms with Crippen LogP contribution in [0.15, 0.2) is 0 Å². The van der Waals surface area contributed by atoms with E-state index in [0.717, 1.165) is 38.2 Å². The molecule has 3 aliphatic rings. The molecule has 2 unspecified atom stereocenters. The van der Waals surface area contributed by atoms with Gasteiger partial charge in [0.1, 0.15) is 0 Å². The molecule has 3 fully saturated rings. The minimum atomic E-state index is 0.420. The average molecular weight is 295 g/mol. The van der Waals surface area contributed by atoms with Crippen molar-refractivity contribution in [3.63, 3.8) is 0 Å². The lowest BCUT2D eigenvalue weighted by Crippen LogP contribution is -2.51. The number of piperidine rings is 1. The Morgan fingerprint density at radius 1 is 1.14 bits per heavy atom. The molecule has 0 aliphatic carbocycles. The number of hydrogen-bond donors (Lipinski definition) is 1. The topological polar surface area (TPSA) is 27.7 Å². The van der Waals surface area contributed by atoms with Crippen molar-refractivity contribution in [2.75, 3.05) is 45.9 Å². The Morgan fingerprint density at radius 3 is 2.71 bits per heavy atom. The minimum Gasteiger partial charge on any atom is -0.374 e. The molecule has 0 amide bonds. The molecule has 0 aromatic heterocycles. The van der Waals surface area contributed by atoms with Crippen LogP contribution in [0.5, 0.6) is 0 Å². The summed E-state index contributed by atoms with van der Waals surface area (Å²) in [7, 11) is 0. The van der Waals surface area contributed by atoms with Gasteiger partial charge in [-0.3, -0.25) is 9.80 Å². The van der Waals surface area contributed by atoms with Crippen molar-refractivity contribution in [2.45, 2.75) is 57.7 Å². The largest absolute Gasteiger partial charge is 0.374 e. The van der Waals surface area contributed by atoms with E-state index in [1.165, 1.54) is 45.3 Å². The van der Waals surface area contributed by atoms with Crippen molar-refractivity contribution in [3.05, 3.63) is 0 Å². The maximum Gasteiger partial charge on any atom is 0.0829 e. The number of nitrogens with zero attached hydrogens (tertiary/aromatic N) is 2. The van der Waals surface area contributed by atoms with Crippen LogP contribution < -0.4 is 5.32 Å². The molecule has 0 aromatic rings. The summed E-state index contributed by atoms with van der Waals surface area (Å²) in [5, 5.41) is 3.50. The predicted molar refractivity (Wildman–Crippen MR) is 86.6 cm³/mol. The number of ether oxygens (including phenoxy) is 1. The van der Waals surface area contributed by atoms with Gasteiger partial charge in [0.2, 0.25) is 0 Å². The highest BCUT2D eigenvalue weighted by atomic mass is 16.5. The third kappa shape index (κ3) is 3.98. The van der Waals surface area contributed by atoms with E-state index in [-0.39, 0.29) is 0 Å². The second-order valence-electron chi connectivity index (χ2n) is 7.37. The summed E-state index contributed by atoms with van der Waals surface area (Å²) >= 11 is 0. The Bertz CT molecular complexity index is 317. The molecule has 0 bridgehead atoms. The van der Waals surface area contributed by atoms with Crippen LogP contribution in [0.25, 0.3) is 0 Å². The molecule has 21 heavy (non-hydrogen) atoms. The first-order valence-corrected chi connectivity index (χ1v) is 9.04. The molecule has 2 atom stereocenters. The second-order valence-corrected chi connectivity index (χ2v) is 7.37. The van der Waals surface area contributed by atoms with Gasteiger partial charge < -0.3 is 10.1 Å². The fourth-order valence-electron chi connectivity index (χ4n) is 4.42. The fourth-order valence-corrected chi connectivity index (χ4v) is 4.42. The molecule has 122 valence electrons. The SMILES string of the molecule is CC(C)N1CCOC(CN2CCCC2C2CCNCC2)C1. The highest BCUT2D eigenvalue weighted by Crippen LogP contribution is 2.30. The van der Waals surface area contributed by atoms with Crippen molar-refractivity contribution >= 4 is 0 Å². The zero-order valence-corrected chi connectivity index (χ0v) is 13.9. The van der Waals surface area contributed by atoms with Crippen LogP contribution in [0, 0.1) is 5.92 Å². The smallest absolute Gasteiger partial charge is 0.0829 e. The van der Waals surface area contributed by atoms with E-state index in [1.807, 2.05) is 0 Å². The van der Waals surface area contributed by atoms with Gasteiger partial charge in [0.15, 0.2) is 0 Å². The Kier molecular flexibility index (Phi) is 5.54. The summed E-state index contributed by atoms with van der Waals surface area (Å²) in [5.41, 5.74) is 0. The lowest BCUT2D eigenvalue weighted by Gasteiger charge is -2.40. The Morgan fingerprint density at radius 2 is 1.95 bits per heavy atom. The molecular weight excluding hydrogens is 262 g/mol. The molecule has 0 aromatic carbocycles. The normalized spacial score (nSPS) is 33.9. The summed E-state index contributed by atoms with van der Waals surface area (Å²) in [6.45, 7) is 12.6. The Balaban J connectivity index is 1.53. The van der Waals surface area contributed by atoms with Gasteiger partial charge in [0, 0.05) is 31.7 Å². The van der Waals surface area contributed by atoms with Crippen molar-refractivity contribution in [3.8, 4) is 0 Å². The molecule has 3 heterocycles. The van der Waals surface area contributed by atoms with E-state index in [4.69, 9.17) is 4.74 Å². The molecule has 0 saturated carbocycles. The van der Waals surface area contributed by atoms with Crippen LogP contribution in [-0.2, 0) is 4.74 Å². The molecule has 3 aliphatic heterocycles. The molecule has 0 radical (unpaired) electrons. The zero-order valence-electron chi connectivity index (χ0n) is 13.9. The zero-order chi connectivity index (χ0) is 14.7. The summed E-state index contributed by atoms with van der Waals surface area (Å²) in [5.74, 6) is 0.915. The number of hydrogen-bond acceptors (Lipinski definition) is 4. The molecule has 4 nitrogen and oxygen atoms in total. The van der Waals surface area contributed by atoms with E-state index >= 15 is 0 Å². The molecule has 1 N–H and O–H groups in total. The van der Waals surface area contributed by atoms with Gasteiger partial charge in [0.05, 0.1) is 12.7 Å². The van der Waals surface area contributed by atoms with Gasteiger partial charge in [-0.05, 0) is 65.1 Å². The van der Waals surface area contributed by atoms with Gasteiger partial charge in [0.25, 0.3) is 0 Å². The molecule has 3 rings (SSSR count). The number of rotatable bonds is 4. The van der Waals surface area contributed by atoms with E-state index < -0.39 is 0 Å². The van der Waals surface area contributed by atoms with Crippen LogP contribution in [0.3, 0.4) is 0 Å². The highest BCUT2D eigenvalue weighted by Gasteiger charge is 2.34. The lowest BCUT2D eigenvalue weighted by atomic mass is 9.88. The van der Waals surface area contributed by atoms with Gasteiger partial charge in [-0.1, -0.05) is 0 Å². The fraction of sp³-hybridized carbons (Fsp3) is 1.00.